The van der Waals surface area contributed by atoms with Crippen LogP contribution < -0.4 is 0 Å². The number of oxime groups is 1. The predicted octanol–water partition coefficient (Wildman–Crippen LogP) is -0.546. The van der Waals surface area contributed by atoms with Crippen LogP contribution in [0.2, 0.25) is 0 Å². The SMILES string of the molecule is C=C[C@H](CC(=NOS(=O)(=O)O)S[C@@H]1O[C@H](CO)[C@@H](O)[C@H](O)[C@H]1O)OC(=O)c1ccccc1. The van der Waals surface area contributed by atoms with Gasteiger partial charge in [-0.3, -0.25) is 4.55 Å². The van der Waals surface area contributed by atoms with E-state index in [2.05, 4.69) is 16.0 Å². The second kappa shape index (κ2) is 11.7. The van der Waals surface area contributed by atoms with Gasteiger partial charge in [-0.15, -0.1) is 0 Å². The number of carbonyl (C=O) groups excluding carboxylic acids is 1. The van der Waals surface area contributed by atoms with Gasteiger partial charge in [0.25, 0.3) is 0 Å². The third-order valence-corrected chi connectivity index (χ3v) is 5.64. The van der Waals surface area contributed by atoms with Crippen LogP contribution in [0.1, 0.15) is 16.8 Å². The summed E-state index contributed by atoms with van der Waals surface area (Å²) in [5.41, 5.74) is -1.09. The molecule has 0 saturated carbocycles. The lowest BCUT2D eigenvalue weighted by molar-refractivity contribution is -0.205. The van der Waals surface area contributed by atoms with E-state index < -0.39 is 58.9 Å². The summed E-state index contributed by atoms with van der Waals surface area (Å²) < 4.78 is 45.3. The summed E-state index contributed by atoms with van der Waals surface area (Å²) >= 11 is 0.562. The van der Waals surface area contributed by atoms with Gasteiger partial charge in [-0.2, -0.15) is 8.42 Å². The predicted molar refractivity (Wildman–Crippen MR) is 112 cm³/mol. The Kier molecular flexibility index (Phi) is 9.60. The highest BCUT2D eigenvalue weighted by atomic mass is 32.3. The van der Waals surface area contributed by atoms with E-state index in [1.54, 1.807) is 18.2 Å². The van der Waals surface area contributed by atoms with Crippen molar-refractivity contribution in [1.29, 1.82) is 0 Å². The van der Waals surface area contributed by atoms with Gasteiger partial charge in [0.05, 0.1) is 12.2 Å². The van der Waals surface area contributed by atoms with Crippen LogP contribution in [0.3, 0.4) is 0 Å². The topological polar surface area (TPSA) is 192 Å². The van der Waals surface area contributed by atoms with Crippen LogP contribution in [-0.2, 0) is 24.2 Å². The molecule has 2 rings (SSSR count). The average Bonchev–Trinajstić information content (AvgIpc) is 2.77. The zero-order chi connectivity index (χ0) is 23.9. The molecule has 32 heavy (non-hydrogen) atoms. The zero-order valence-electron chi connectivity index (χ0n) is 16.5. The van der Waals surface area contributed by atoms with Crippen molar-refractivity contribution < 1.29 is 51.9 Å². The van der Waals surface area contributed by atoms with E-state index >= 15 is 0 Å². The molecule has 1 aromatic carbocycles. The second-order valence-electron chi connectivity index (χ2n) is 6.55. The molecule has 0 radical (unpaired) electrons. The molecule has 0 amide bonds. The molecule has 0 bridgehead atoms. The first-order valence-electron chi connectivity index (χ1n) is 9.14. The lowest BCUT2D eigenvalue weighted by Crippen LogP contribution is -2.57. The number of esters is 1. The van der Waals surface area contributed by atoms with Gasteiger partial charge in [0.2, 0.25) is 0 Å². The summed E-state index contributed by atoms with van der Waals surface area (Å²) in [6, 6.07) is 7.99. The molecule has 0 aromatic heterocycles. The lowest BCUT2D eigenvalue weighted by atomic mass is 10.0. The fourth-order valence-corrected chi connectivity index (χ4v) is 3.96. The molecule has 178 valence electrons. The molecular formula is C18H23NO11S2. The Morgan fingerprint density at radius 3 is 2.44 bits per heavy atom. The maximum atomic E-state index is 12.3. The maximum Gasteiger partial charge on any atom is 0.466 e. The summed E-state index contributed by atoms with van der Waals surface area (Å²) in [4.78, 5) is 12.3. The molecule has 14 heteroatoms. The summed E-state index contributed by atoms with van der Waals surface area (Å²) in [6.45, 7) is 2.86. The number of rotatable bonds is 9. The Hall–Kier alpha value is -2.04. The number of carbonyl (C=O) groups is 1. The molecule has 1 fully saturated rings. The normalized spacial score (nSPS) is 27.4. The van der Waals surface area contributed by atoms with E-state index in [1.807, 2.05) is 0 Å². The highest BCUT2D eigenvalue weighted by Gasteiger charge is 2.44. The van der Waals surface area contributed by atoms with Gasteiger partial charge in [-0.1, -0.05) is 47.8 Å². The van der Waals surface area contributed by atoms with Crippen molar-refractivity contribution in [2.24, 2.45) is 5.16 Å². The van der Waals surface area contributed by atoms with E-state index in [0.29, 0.717) is 11.8 Å². The van der Waals surface area contributed by atoms with Crippen molar-refractivity contribution in [1.82, 2.24) is 0 Å². The lowest BCUT2D eigenvalue weighted by Gasteiger charge is -2.39. The van der Waals surface area contributed by atoms with E-state index in [0.717, 1.165) is 0 Å². The molecule has 1 heterocycles. The third kappa shape index (κ3) is 7.53. The third-order valence-electron chi connectivity index (χ3n) is 4.24. The minimum atomic E-state index is -4.98. The largest absolute Gasteiger partial charge is 0.466 e. The number of ether oxygens (including phenoxy) is 2. The van der Waals surface area contributed by atoms with E-state index in [9.17, 15) is 33.6 Å². The van der Waals surface area contributed by atoms with E-state index in [-0.39, 0.29) is 17.0 Å². The van der Waals surface area contributed by atoms with Gasteiger partial charge in [0.1, 0.15) is 41.0 Å². The van der Waals surface area contributed by atoms with E-state index in [1.165, 1.54) is 18.2 Å². The fraction of sp³-hybridized carbons (Fsp3) is 0.444. The molecule has 5 N–H and O–H groups in total. The minimum Gasteiger partial charge on any atom is -0.454 e. The quantitative estimate of drug-likeness (QED) is 0.0737. The number of aliphatic hydroxyl groups excluding tert-OH is 4. The molecule has 12 nitrogen and oxygen atoms in total. The monoisotopic (exact) mass is 493 g/mol. The molecule has 0 aliphatic carbocycles. The molecule has 0 unspecified atom stereocenters. The second-order valence-corrected chi connectivity index (χ2v) is 8.73. The molecule has 0 spiro atoms. The first-order valence-corrected chi connectivity index (χ1v) is 11.4. The summed E-state index contributed by atoms with van der Waals surface area (Å²) in [6.07, 6.45) is -6.29. The first kappa shape index (κ1) is 26.2. The molecule has 6 atom stereocenters. The Balaban J connectivity index is 2.18. The first-order chi connectivity index (χ1) is 15.1. The van der Waals surface area contributed by atoms with E-state index in [4.69, 9.17) is 14.0 Å². The Morgan fingerprint density at radius 2 is 1.88 bits per heavy atom. The van der Waals surface area contributed by atoms with Crippen molar-refractivity contribution in [2.45, 2.75) is 42.4 Å². The highest BCUT2D eigenvalue weighted by Crippen LogP contribution is 2.31. The van der Waals surface area contributed by atoms with Crippen LogP contribution in [0.15, 0.2) is 48.1 Å². The van der Waals surface area contributed by atoms with Crippen LogP contribution in [0.4, 0.5) is 0 Å². The minimum absolute atomic E-state index is 0.238. The van der Waals surface area contributed by atoms with Gasteiger partial charge in [0.15, 0.2) is 0 Å². The number of benzene rings is 1. The summed E-state index contributed by atoms with van der Waals surface area (Å²) in [7, 11) is -4.98. The van der Waals surface area contributed by atoms with Crippen LogP contribution in [0.5, 0.6) is 0 Å². The average molecular weight is 494 g/mol. The molecule has 1 aliphatic rings. The Labute approximate surface area is 188 Å². The van der Waals surface area contributed by atoms with Crippen LogP contribution >= 0.6 is 11.8 Å². The van der Waals surface area contributed by atoms with Gasteiger partial charge in [-0.25, -0.2) is 9.08 Å². The zero-order valence-corrected chi connectivity index (χ0v) is 18.1. The van der Waals surface area contributed by atoms with Gasteiger partial charge in [0, 0.05) is 6.42 Å². The van der Waals surface area contributed by atoms with Crippen molar-refractivity contribution in [2.75, 3.05) is 6.61 Å². The van der Waals surface area contributed by atoms with Gasteiger partial charge < -0.3 is 29.9 Å². The summed E-state index contributed by atoms with van der Waals surface area (Å²) in [5, 5.41) is 42.3. The molecule has 1 aromatic rings. The van der Waals surface area contributed by atoms with Crippen molar-refractivity contribution in [3.05, 3.63) is 48.6 Å². The summed E-state index contributed by atoms with van der Waals surface area (Å²) in [5.74, 6) is -0.705. The molecule has 1 aliphatic heterocycles. The molecular weight excluding hydrogens is 470 g/mol. The maximum absolute atomic E-state index is 12.3. The number of thioether (sulfide) groups is 1. The number of nitrogens with zero attached hydrogens (tertiary/aromatic N) is 1. The standard InChI is InChI=1S/C18H23NO11S2/c1-2-11(28-17(24)10-6-4-3-5-7-10)8-13(19-30-32(25,26)27)31-18-16(23)15(22)14(21)12(9-20)29-18/h2-7,11-12,14-16,18,20-23H,1,8-9H2,(H,25,26,27)/t11-,12-,14-,15+,16-,18+/m1/s1. The van der Waals surface area contributed by atoms with Crippen LogP contribution in [0, 0.1) is 0 Å². The number of aliphatic hydroxyl groups is 4. The van der Waals surface area contributed by atoms with Crippen molar-refractivity contribution in [3.63, 3.8) is 0 Å². The van der Waals surface area contributed by atoms with Gasteiger partial charge >= 0.3 is 16.4 Å². The smallest absolute Gasteiger partial charge is 0.454 e. The number of hydrogen-bond acceptors (Lipinski definition) is 12. The Bertz CT molecular complexity index is 907. The number of hydrogen-bond donors (Lipinski definition) is 5. The van der Waals surface area contributed by atoms with Gasteiger partial charge in [-0.05, 0) is 12.1 Å². The van der Waals surface area contributed by atoms with Crippen molar-refractivity contribution in [3.8, 4) is 0 Å². The van der Waals surface area contributed by atoms with Crippen molar-refractivity contribution >= 4 is 33.2 Å². The molecule has 1 saturated heterocycles. The highest BCUT2D eigenvalue weighted by molar-refractivity contribution is 8.14. The van der Waals surface area contributed by atoms with Crippen LogP contribution in [0.25, 0.3) is 0 Å². The fourth-order valence-electron chi connectivity index (χ4n) is 2.62. The Morgan fingerprint density at radius 1 is 1.22 bits per heavy atom. The van der Waals surface area contributed by atoms with Crippen LogP contribution in [-0.4, -0.2) is 87.0 Å².